The lowest BCUT2D eigenvalue weighted by atomic mass is 10.0. The Balaban J connectivity index is 2.32. The van der Waals surface area contributed by atoms with Crippen LogP contribution in [0.15, 0.2) is 39.5 Å². The average molecular weight is 341 g/mol. The number of carbonyl (C=O) groups excluding carboxylic acids is 1. The van der Waals surface area contributed by atoms with Crippen LogP contribution < -0.4 is 10.5 Å². The Morgan fingerprint density at radius 1 is 1.17 bits per heavy atom. The summed E-state index contributed by atoms with van der Waals surface area (Å²) in [7, 11) is 0. The fourth-order valence-electron chi connectivity index (χ4n) is 2.93. The van der Waals surface area contributed by atoms with Crippen LogP contribution in [-0.2, 0) is 0 Å². The van der Waals surface area contributed by atoms with Crippen molar-refractivity contribution in [3.8, 4) is 10.4 Å². The van der Waals surface area contributed by atoms with Gasteiger partial charge in [-0.15, -0.1) is 11.3 Å². The normalized spacial score (nSPS) is 11.0. The molecule has 0 aliphatic carbocycles. The largest absolute Gasteiger partial charge is 0.422 e. The second-order valence-corrected chi connectivity index (χ2v) is 6.85. The zero-order chi connectivity index (χ0) is 17.3. The summed E-state index contributed by atoms with van der Waals surface area (Å²) in [6, 6.07) is 9.75. The molecule has 0 aliphatic heterocycles. The Morgan fingerprint density at radius 2 is 1.92 bits per heavy atom. The molecule has 0 saturated heterocycles. The third kappa shape index (κ3) is 2.76. The summed E-state index contributed by atoms with van der Waals surface area (Å²) < 4.78 is 5.42. The fourth-order valence-corrected chi connectivity index (χ4v) is 3.87. The molecule has 0 radical (unpaired) electrons. The zero-order valence-electron chi connectivity index (χ0n) is 14.0. The number of benzene rings is 1. The van der Waals surface area contributed by atoms with Crippen LogP contribution in [0.4, 0.5) is 5.69 Å². The molecular weight excluding hydrogens is 322 g/mol. The van der Waals surface area contributed by atoms with E-state index in [-0.39, 0.29) is 5.56 Å². The zero-order valence-corrected chi connectivity index (χ0v) is 14.8. The molecule has 0 atom stereocenters. The van der Waals surface area contributed by atoms with Crippen molar-refractivity contribution >= 4 is 34.3 Å². The number of nitrogens with zero attached hydrogens (tertiary/aromatic N) is 1. The van der Waals surface area contributed by atoms with Gasteiger partial charge in [0.1, 0.15) is 11.1 Å². The van der Waals surface area contributed by atoms with Gasteiger partial charge in [0.2, 0.25) is 0 Å². The summed E-state index contributed by atoms with van der Waals surface area (Å²) in [5, 5.41) is 0.787. The van der Waals surface area contributed by atoms with Crippen LogP contribution in [0.5, 0.6) is 0 Å². The summed E-state index contributed by atoms with van der Waals surface area (Å²) in [6.07, 6.45) is 0.591. The molecule has 2 aromatic heterocycles. The van der Waals surface area contributed by atoms with E-state index in [2.05, 4.69) is 18.7 Å². The molecule has 0 saturated carbocycles. The van der Waals surface area contributed by atoms with Crippen LogP contribution in [0.25, 0.3) is 21.4 Å². The molecule has 5 heteroatoms. The highest BCUT2D eigenvalue weighted by Crippen LogP contribution is 2.35. The summed E-state index contributed by atoms with van der Waals surface area (Å²) in [4.78, 5) is 28.0. The third-order valence-corrected chi connectivity index (χ3v) is 5.18. The number of aldehydes is 1. The van der Waals surface area contributed by atoms with Crippen molar-refractivity contribution in [2.45, 2.75) is 20.8 Å². The molecule has 3 rings (SSSR count). The highest BCUT2D eigenvalue weighted by Gasteiger charge is 2.18. The van der Waals surface area contributed by atoms with Crippen molar-refractivity contribution in [3.63, 3.8) is 0 Å². The monoisotopic (exact) mass is 341 g/mol. The molecule has 0 N–H and O–H groups in total. The molecule has 1 aromatic carbocycles. The molecule has 0 fully saturated rings. The fraction of sp³-hybridized carbons (Fsp3) is 0.263. The lowest BCUT2D eigenvalue weighted by molar-refractivity contribution is 0.112. The second-order valence-electron chi connectivity index (χ2n) is 5.56. The van der Waals surface area contributed by atoms with Gasteiger partial charge in [-0.25, -0.2) is 4.79 Å². The third-order valence-electron chi connectivity index (χ3n) is 4.16. The predicted molar refractivity (Wildman–Crippen MR) is 99.5 cm³/mol. The van der Waals surface area contributed by atoms with E-state index in [9.17, 15) is 9.59 Å². The van der Waals surface area contributed by atoms with E-state index in [1.54, 1.807) is 11.3 Å². The Hall–Kier alpha value is -2.40. The molecule has 0 aliphatic rings. The van der Waals surface area contributed by atoms with Crippen molar-refractivity contribution < 1.29 is 9.21 Å². The molecule has 0 unspecified atom stereocenters. The molecule has 0 amide bonds. The maximum atomic E-state index is 12.3. The van der Waals surface area contributed by atoms with Crippen molar-refractivity contribution in [2.24, 2.45) is 0 Å². The van der Waals surface area contributed by atoms with E-state index < -0.39 is 5.63 Å². The summed E-state index contributed by atoms with van der Waals surface area (Å²) in [5.74, 6) is 0. The first kappa shape index (κ1) is 16.5. The average Bonchev–Trinajstić information content (AvgIpc) is 3.00. The summed E-state index contributed by atoms with van der Waals surface area (Å²) in [5.41, 5.74) is 1.68. The smallest absolute Gasteiger partial charge is 0.347 e. The van der Waals surface area contributed by atoms with Gasteiger partial charge in [-0.3, -0.25) is 4.79 Å². The summed E-state index contributed by atoms with van der Waals surface area (Å²) >= 11 is 1.56. The van der Waals surface area contributed by atoms with Crippen LogP contribution in [0, 0.1) is 6.92 Å². The Bertz CT molecular complexity index is 951. The first-order valence-corrected chi connectivity index (χ1v) is 8.78. The van der Waals surface area contributed by atoms with Crippen LogP contribution in [-0.4, -0.2) is 19.4 Å². The van der Waals surface area contributed by atoms with E-state index in [0.717, 1.165) is 33.9 Å². The molecule has 24 heavy (non-hydrogen) atoms. The standard InChI is InChI=1S/C19H19NO3S/c1-4-20(5-2)13-7-8-14-16(10-13)23-19(22)15(11-21)18(14)17-9-6-12(3)24-17/h6-11H,4-5H2,1-3H3. The minimum Gasteiger partial charge on any atom is -0.422 e. The minimum absolute atomic E-state index is 0.0833. The van der Waals surface area contributed by atoms with Crippen LogP contribution in [0.3, 0.4) is 0 Å². The van der Waals surface area contributed by atoms with E-state index in [1.165, 1.54) is 0 Å². The van der Waals surface area contributed by atoms with Gasteiger partial charge in [0.15, 0.2) is 6.29 Å². The highest BCUT2D eigenvalue weighted by molar-refractivity contribution is 7.15. The van der Waals surface area contributed by atoms with Crippen LogP contribution >= 0.6 is 11.3 Å². The number of anilines is 1. The van der Waals surface area contributed by atoms with Crippen molar-refractivity contribution in [1.82, 2.24) is 0 Å². The molecule has 2 heterocycles. The lowest BCUT2D eigenvalue weighted by Gasteiger charge is -2.21. The number of fused-ring (bicyclic) bond motifs is 1. The summed E-state index contributed by atoms with van der Waals surface area (Å²) in [6.45, 7) is 7.91. The van der Waals surface area contributed by atoms with Crippen LogP contribution in [0.2, 0.25) is 0 Å². The molecule has 0 bridgehead atoms. The Kier molecular flexibility index (Phi) is 4.53. The van der Waals surface area contributed by atoms with Crippen molar-refractivity contribution in [3.05, 3.63) is 51.2 Å². The second kappa shape index (κ2) is 6.61. The van der Waals surface area contributed by atoms with Gasteiger partial charge in [-0.2, -0.15) is 0 Å². The molecule has 3 aromatic rings. The number of hydrogen-bond donors (Lipinski definition) is 0. The molecule has 0 spiro atoms. The molecular formula is C19H19NO3S. The molecule has 4 nitrogen and oxygen atoms in total. The van der Waals surface area contributed by atoms with Gasteiger partial charge in [-0.1, -0.05) is 0 Å². The van der Waals surface area contributed by atoms with Gasteiger partial charge in [0, 0.05) is 45.5 Å². The number of thiophene rings is 1. The number of carbonyl (C=O) groups is 1. The van der Waals surface area contributed by atoms with Crippen molar-refractivity contribution in [2.75, 3.05) is 18.0 Å². The quantitative estimate of drug-likeness (QED) is 0.507. The van der Waals surface area contributed by atoms with Gasteiger partial charge >= 0.3 is 5.63 Å². The molecule has 124 valence electrons. The first-order valence-electron chi connectivity index (χ1n) is 7.96. The number of rotatable bonds is 5. The maximum Gasteiger partial charge on any atom is 0.347 e. The number of hydrogen-bond acceptors (Lipinski definition) is 5. The maximum absolute atomic E-state index is 12.3. The van der Waals surface area contributed by atoms with E-state index in [1.807, 2.05) is 37.3 Å². The van der Waals surface area contributed by atoms with E-state index >= 15 is 0 Å². The number of aryl methyl sites for hydroxylation is 1. The van der Waals surface area contributed by atoms with Crippen molar-refractivity contribution in [1.29, 1.82) is 0 Å². The van der Waals surface area contributed by atoms with E-state index in [4.69, 9.17) is 4.42 Å². The van der Waals surface area contributed by atoms with Gasteiger partial charge in [0.05, 0.1) is 0 Å². The first-order chi connectivity index (χ1) is 11.6. The predicted octanol–water partition coefficient (Wildman–Crippen LogP) is 4.49. The van der Waals surface area contributed by atoms with Crippen LogP contribution in [0.1, 0.15) is 29.1 Å². The van der Waals surface area contributed by atoms with Gasteiger partial charge < -0.3 is 9.32 Å². The Morgan fingerprint density at radius 3 is 2.50 bits per heavy atom. The highest BCUT2D eigenvalue weighted by atomic mass is 32.1. The van der Waals surface area contributed by atoms with E-state index in [0.29, 0.717) is 17.4 Å². The lowest BCUT2D eigenvalue weighted by Crippen LogP contribution is -2.21. The van der Waals surface area contributed by atoms with Gasteiger partial charge in [-0.05, 0) is 45.0 Å². The van der Waals surface area contributed by atoms with Gasteiger partial charge in [0.25, 0.3) is 0 Å². The minimum atomic E-state index is -0.588. The topological polar surface area (TPSA) is 50.5 Å². The SMILES string of the molecule is CCN(CC)c1ccc2c(-c3ccc(C)s3)c(C=O)c(=O)oc2c1. The Labute approximate surface area is 144 Å².